The number of methoxy groups -OCH3 is 2. The van der Waals surface area contributed by atoms with E-state index in [1.807, 2.05) is 12.1 Å². The Kier molecular flexibility index (Phi) is 8.67. The fourth-order valence-corrected chi connectivity index (χ4v) is 9.64. The summed E-state index contributed by atoms with van der Waals surface area (Å²) in [6.45, 7) is 0. The summed E-state index contributed by atoms with van der Waals surface area (Å²) in [4.78, 5) is 60.0. The number of carbonyl (C=O) groups excluding carboxylic acids is 4. The summed E-state index contributed by atoms with van der Waals surface area (Å²) < 4.78 is 11.0. The van der Waals surface area contributed by atoms with Crippen molar-refractivity contribution in [2.24, 2.45) is 23.7 Å². The largest absolute Gasteiger partial charge is 0.503 e. The second-order valence-corrected chi connectivity index (χ2v) is 14.9. The minimum atomic E-state index is -1.61. The Balaban J connectivity index is 1.36. The molecule has 2 aliphatic carbocycles. The summed E-state index contributed by atoms with van der Waals surface area (Å²) >= 11 is 19.4. The third-order valence-electron chi connectivity index (χ3n) is 11.2. The zero-order chi connectivity index (χ0) is 37.3. The number of halogens is 3. The summed E-state index contributed by atoms with van der Waals surface area (Å²) in [7, 11) is 2.92. The lowest BCUT2D eigenvalue weighted by molar-refractivity contribution is -0.138. The number of phenols is 1. The second kappa shape index (κ2) is 13.1. The van der Waals surface area contributed by atoms with Crippen molar-refractivity contribution in [2.75, 3.05) is 24.5 Å². The van der Waals surface area contributed by atoms with Crippen molar-refractivity contribution < 1.29 is 33.8 Å². The number of rotatable bonds is 7. The van der Waals surface area contributed by atoms with E-state index in [2.05, 4.69) is 5.43 Å². The Bertz CT molecular complexity index is 2230. The molecule has 53 heavy (non-hydrogen) atoms. The zero-order valence-corrected chi connectivity index (χ0v) is 30.7. The summed E-state index contributed by atoms with van der Waals surface area (Å²) in [6, 6.07) is 23.6. The van der Waals surface area contributed by atoms with Crippen molar-refractivity contribution in [1.29, 1.82) is 0 Å². The molecule has 4 aromatic rings. The topological polar surface area (TPSA) is 125 Å². The van der Waals surface area contributed by atoms with Crippen LogP contribution < -0.4 is 19.8 Å². The van der Waals surface area contributed by atoms with Gasteiger partial charge in [0.25, 0.3) is 11.8 Å². The van der Waals surface area contributed by atoms with Crippen LogP contribution >= 0.6 is 34.8 Å². The van der Waals surface area contributed by atoms with E-state index in [0.29, 0.717) is 33.2 Å². The minimum Gasteiger partial charge on any atom is -0.503 e. The normalized spacial score (nSPS) is 26.2. The van der Waals surface area contributed by atoms with Crippen LogP contribution in [0.4, 0.5) is 11.4 Å². The number of hydrogen-bond acceptors (Lipinski definition) is 8. The lowest BCUT2D eigenvalue weighted by Gasteiger charge is -2.50. The molecule has 1 saturated carbocycles. The van der Waals surface area contributed by atoms with Gasteiger partial charge in [-0.2, -0.15) is 5.01 Å². The molecule has 6 atom stereocenters. The SMILES string of the molecule is COc1ccc(C23C(=O)N(Nc4ccc(Cl)cc4Cl)C(=O)C2CC2C(=CCC4C(=O)N(c5ccccc5)C(=O)C42)C3c2cc(Cl)c(O)c(OC)c2)cc1. The van der Waals surface area contributed by atoms with E-state index < -0.39 is 46.8 Å². The van der Waals surface area contributed by atoms with Crippen molar-refractivity contribution in [3.63, 3.8) is 0 Å². The van der Waals surface area contributed by atoms with E-state index in [0.717, 1.165) is 5.01 Å². The maximum Gasteiger partial charge on any atom is 0.260 e. The van der Waals surface area contributed by atoms with Gasteiger partial charge in [-0.25, -0.2) is 0 Å². The van der Waals surface area contributed by atoms with Crippen molar-refractivity contribution in [2.45, 2.75) is 24.2 Å². The molecule has 13 heteroatoms. The van der Waals surface area contributed by atoms with Crippen molar-refractivity contribution in [3.05, 3.63) is 123 Å². The van der Waals surface area contributed by atoms with Gasteiger partial charge in [0.2, 0.25) is 11.8 Å². The van der Waals surface area contributed by atoms with Crippen LogP contribution in [0.25, 0.3) is 0 Å². The van der Waals surface area contributed by atoms with Crippen LogP contribution in [0.1, 0.15) is 29.9 Å². The number of phenolic OH excluding ortho intramolecular Hbond substituents is 1. The van der Waals surface area contributed by atoms with Crippen LogP contribution in [0.15, 0.2) is 96.6 Å². The monoisotopic (exact) mass is 771 g/mol. The van der Waals surface area contributed by atoms with Gasteiger partial charge in [-0.3, -0.25) is 29.5 Å². The number of para-hydroxylation sites is 1. The number of nitrogens with zero attached hydrogens (tertiary/aromatic N) is 2. The average molecular weight is 773 g/mol. The predicted octanol–water partition coefficient (Wildman–Crippen LogP) is 7.56. The van der Waals surface area contributed by atoms with Crippen LogP contribution in [0.5, 0.6) is 17.2 Å². The molecule has 6 unspecified atom stereocenters. The first-order valence-electron chi connectivity index (χ1n) is 16.9. The highest BCUT2D eigenvalue weighted by atomic mass is 35.5. The van der Waals surface area contributed by atoms with Crippen molar-refractivity contribution in [1.82, 2.24) is 5.01 Å². The molecule has 0 aromatic heterocycles. The molecule has 270 valence electrons. The Hall–Kier alpha value is -5.03. The maximum atomic E-state index is 15.4. The lowest BCUT2D eigenvalue weighted by atomic mass is 9.49. The summed E-state index contributed by atoms with van der Waals surface area (Å²) in [5.41, 5.74) is 3.82. The second-order valence-electron chi connectivity index (χ2n) is 13.6. The van der Waals surface area contributed by atoms with E-state index in [-0.39, 0.29) is 51.9 Å². The number of amides is 4. The highest BCUT2D eigenvalue weighted by Gasteiger charge is 2.70. The van der Waals surface area contributed by atoms with Gasteiger partial charge in [-0.05, 0) is 84.5 Å². The predicted molar refractivity (Wildman–Crippen MR) is 199 cm³/mol. The van der Waals surface area contributed by atoms with E-state index in [1.165, 1.54) is 25.2 Å². The number of fused-ring (bicyclic) bond motifs is 4. The van der Waals surface area contributed by atoms with Gasteiger partial charge in [0.05, 0.1) is 58.8 Å². The fourth-order valence-electron chi connectivity index (χ4n) is 8.97. The van der Waals surface area contributed by atoms with Gasteiger partial charge >= 0.3 is 0 Å². The number of allylic oxidation sites excluding steroid dienone is 2. The summed E-state index contributed by atoms with van der Waals surface area (Å²) in [5, 5.41) is 12.3. The number of aromatic hydroxyl groups is 1. The van der Waals surface area contributed by atoms with E-state index in [9.17, 15) is 19.5 Å². The van der Waals surface area contributed by atoms with Crippen LogP contribution in [-0.4, -0.2) is 48.0 Å². The molecule has 8 rings (SSSR count). The highest BCUT2D eigenvalue weighted by Crippen LogP contribution is 2.65. The molecule has 4 aliphatic rings. The standard InChI is InChI=1S/C40H32Cl3N3O7/c1-52-24-11-8-21(9-12-24)40-28(37(49)46(39(40)51)44-31-15-10-22(41)18-29(31)42)19-27-25(34(40)20-16-30(43)35(47)32(17-20)53-2)13-14-26-33(27)38(50)45(36(26)48)23-6-4-3-5-7-23/h3-13,15-18,26-28,33-34,44,47H,14,19H2,1-2H3. The average Bonchev–Trinajstić information content (AvgIpc) is 3.54. The number of hydrazine groups is 1. The number of benzene rings is 4. The first-order valence-corrected chi connectivity index (χ1v) is 18.1. The number of carbonyl (C=O) groups is 4. The molecule has 0 spiro atoms. The molecular weight excluding hydrogens is 741 g/mol. The van der Waals surface area contributed by atoms with E-state index >= 15 is 4.79 Å². The van der Waals surface area contributed by atoms with Crippen LogP contribution in [0.2, 0.25) is 15.1 Å². The first-order chi connectivity index (χ1) is 25.5. The fraction of sp³-hybridized carbons (Fsp3) is 0.250. The van der Waals surface area contributed by atoms with Gasteiger partial charge in [-0.15, -0.1) is 0 Å². The molecule has 10 nitrogen and oxygen atoms in total. The van der Waals surface area contributed by atoms with E-state index in [4.69, 9.17) is 44.3 Å². The molecule has 0 bridgehead atoms. The Morgan fingerprint density at radius 3 is 2.23 bits per heavy atom. The lowest BCUT2D eigenvalue weighted by Crippen LogP contribution is -2.53. The summed E-state index contributed by atoms with van der Waals surface area (Å²) in [6.07, 6.45) is 2.25. The highest BCUT2D eigenvalue weighted by molar-refractivity contribution is 6.36. The third kappa shape index (κ3) is 5.21. The number of nitrogens with one attached hydrogen (secondary N) is 1. The maximum absolute atomic E-state index is 15.4. The minimum absolute atomic E-state index is 0.0285. The Labute approximate surface area is 319 Å². The van der Waals surface area contributed by atoms with Crippen LogP contribution in [0, 0.1) is 23.7 Å². The number of ether oxygens (including phenoxy) is 2. The van der Waals surface area contributed by atoms with Gasteiger partial charge < -0.3 is 14.6 Å². The van der Waals surface area contributed by atoms with Crippen LogP contribution in [0.3, 0.4) is 0 Å². The Morgan fingerprint density at radius 1 is 0.811 bits per heavy atom. The first kappa shape index (κ1) is 35.0. The molecule has 2 heterocycles. The van der Waals surface area contributed by atoms with Crippen LogP contribution in [-0.2, 0) is 24.6 Å². The third-order valence-corrected chi connectivity index (χ3v) is 12.0. The van der Waals surface area contributed by atoms with Gasteiger partial charge in [0, 0.05) is 10.9 Å². The van der Waals surface area contributed by atoms with Gasteiger partial charge in [0.1, 0.15) is 5.75 Å². The van der Waals surface area contributed by atoms with E-state index in [1.54, 1.807) is 72.8 Å². The summed E-state index contributed by atoms with van der Waals surface area (Å²) in [5.74, 6) is -5.52. The number of hydrogen-bond donors (Lipinski definition) is 2. The van der Waals surface area contributed by atoms with Gasteiger partial charge in [-0.1, -0.05) is 76.8 Å². The molecular formula is C40H32Cl3N3O7. The molecule has 2 saturated heterocycles. The Morgan fingerprint density at radius 2 is 1.55 bits per heavy atom. The zero-order valence-electron chi connectivity index (χ0n) is 28.4. The number of anilines is 2. The van der Waals surface area contributed by atoms with Gasteiger partial charge in [0.15, 0.2) is 11.5 Å². The molecule has 2 aliphatic heterocycles. The molecule has 2 N–H and O–H groups in total. The number of imide groups is 2. The van der Waals surface area contributed by atoms with Crippen molar-refractivity contribution in [3.8, 4) is 17.2 Å². The quantitative estimate of drug-likeness (QED) is 0.146. The van der Waals surface area contributed by atoms with Crippen molar-refractivity contribution >= 4 is 69.8 Å². The molecule has 4 amide bonds. The molecule has 3 fully saturated rings. The smallest absolute Gasteiger partial charge is 0.260 e. The molecule has 4 aromatic carbocycles. The molecule has 0 radical (unpaired) electrons.